The normalized spacial score (nSPS) is 14.5. The van der Waals surface area contributed by atoms with Gasteiger partial charge in [0.2, 0.25) is 5.91 Å². The van der Waals surface area contributed by atoms with Crippen LogP contribution in [-0.2, 0) is 14.3 Å². The smallest absolute Gasteiger partial charge is 0.407 e. The van der Waals surface area contributed by atoms with Gasteiger partial charge < -0.3 is 20.5 Å². The molecule has 0 heterocycles. The lowest BCUT2D eigenvalue weighted by Gasteiger charge is -2.21. The fraction of sp³-hybridized carbons (Fsp3) is 0.375. The summed E-state index contributed by atoms with van der Waals surface area (Å²) in [5, 5.41) is 13.1. The minimum absolute atomic E-state index is 0.00941. The molecule has 0 radical (unpaired) electrons. The summed E-state index contributed by atoms with van der Waals surface area (Å²) >= 11 is 0. The average molecular weight is 478 g/mol. The lowest BCUT2D eigenvalue weighted by molar-refractivity contribution is -0.192. The molecule has 3 N–H and O–H groups in total. The van der Waals surface area contributed by atoms with Crippen molar-refractivity contribution in [1.82, 2.24) is 10.6 Å². The molecule has 3 rings (SSSR count). The minimum Gasteiger partial charge on any atom is -0.481 e. The van der Waals surface area contributed by atoms with Crippen LogP contribution in [-0.4, -0.2) is 48.4 Å². The highest BCUT2D eigenvalue weighted by Crippen LogP contribution is 2.44. The molecular weight excluding hydrogens is 453 g/mol. The second-order valence-electron chi connectivity index (χ2n) is 7.99. The first-order valence-corrected chi connectivity index (χ1v) is 10.8. The molecule has 0 fully saturated rings. The van der Waals surface area contributed by atoms with Crippen molar-refractivity contribution in [3.05, 3.63) is 59.7 Å². The van der Waals surface area contributed by atoms with Crippen LogP contribution in [0.2, 0.25) is 0 Å². The number of amides is 2. The number of carboxylic acid groups (broad SMARTS) is 1. The highest BCUT2D eigenvalue weighted by Gasteiger charge is 2.45. The van der Waals surface area contributed by atoms with Crippen molar-refractivity contribution in [3.63, 3.8) is 0 Å². The van der Waals surface area contributed by atoms with Crippen molar-refractivity contribution in [3.8, 4) is 11.1 Å². The van der Waals surface area contributed by atoms with E-state index in [1.807, 2.05) is 53.8 Å². The maximum Gasteiger partial charge on any atom is 0.407 e. The van der Waals surface area contributed by atoms with Crippen LogP contribution in [0.3, 0.4) is 0 Å². The van der Waals surface area contributed by atoms with Gasteiger partial charge in [-0.15, -0.1) is 0 Å². The van der Waals surface area contributed by atoms with E-state index in [0.29, 0.717) is 6.42 Å². The molecule has 2 amide bonds. The molecule has 1 aliphatic carbocycles. The van der Waals surface area contributed by atoms with Crippen LogP contribution in [0.1, 0.15) is 36.8 Å². The molecule has 2 aromatic rings. The highest BCUT2D eigenvalue weighted by molar-refractivity contribution is 5.86. The SMILES string of the molecule is CCCC(NC(=O)OCC1c2ccccc2-c2ccccc21)C(=O)NCC(C(=O)O)C(F)(F)F. The van der Waals surface area contributed by atoms with E-state index < -0.39 is 42.7 Å². The van der Waals surface area contributed by atoms with Gasteiger partial charge in [-0.1, -0.05) is 61.9 Å². The summed E-state index contributed by atoms with van der Waals surface area (Å²) in [7, 11) is 0. The van der Waals surface area contributed by atoms with Crippen molar-refractivity contribution in [2.45, 2.75) is 37.9 Å². The van der Waals surface area contributed by atoms with Crippen molar-refractivity contribution >= 4 is 18.0 Å². The first kappa shape index (κ1) is 25.1. The van der Waals surface area contributed by atoms with Crippen LogP contribution in [0.15, 0.2) is 48.5 Å². The number of carboxylic acids is 1. The molecule has 0 saturated heterocycles. The Hall–Kier alpha value is -3.56. The van der Waals surface area contributed by atoms with E-state index in [1.165, 1.54) is 0 Å². The van der Waals surface area contributed by atoms with Crippen molar-refractivity contribution in [2.24, 2.45) is 5.92 Å². The molecule has 0 spiro atoms. The molecule has 10 heteroatoms. The van der Waals surface area contributed by atoms with E-state index in [0.717, 1.165) is 22.3 Å². The summed E-state index contributed by atoms with van der Waals surface area (Å²) in [6.45, 7) is 0.606. The molecule has 2 atom stereocenters. The van der Waals surface area contributed by atoms with Crippen molar-refractivity contribution in [2.75, 3.05) is 13.2 Å². The van der Waals surface area contributed by atoms with Gasteiger partial charge in [0.1, 0.15) is 12.6 Å². The molecule has 0 bridgehead atoms. The zero-order valence-electron chi connectivity index (χ0n) is 18.4. The number of fused-ring (bicyclic) bond motifs is 3. The second-order valence-corrected chi connectivity index (χ2v) is 7.99. The van der Waals surface area contributed by atoms with Gasteiger partial charge in [0, 0.05) is 12.5 Å². The predicted octanol–water partition coefficient (Wildman–Crippen LogP) is 4.07. The molecule has 182 valence electrons. The molecule has 7 nitrogen and oxygen atoms in total. The Morgan fingerprint density at radius 3 is 2.09 bits per heavy atom. The summed E-state index contributed by atoms with van der Waals surface area (Å²) in [5.41, 5.74) is 4.11. The molecule has 0 aromatic heterocycles. The van der Waals surface area contributed by atoms with E-state index in [1.54, 1.807) is 6.92 Å². The van der Waals surface area contributed by atoms with Gasteiger partial charge in [-0.2, -0.15) is 13.2 Å². The Morgan fingerprint density at radius 2 is 1.59 bits per heavy atom. The quantitative estimate of drug-likeness (QED) is 0.504. The first-order valence-electron chi connectivity index (χ1n) is 10.8. The molecule has 2 aromatic carbocycles. The Morgan fingerprint density at radius 1 is 1.03 bits per heavy atom. The summed E-state index contributed by atoms with van der Waals surface area (Å²) < 4.78 is 43.8. The third-order valence-corrected chi connectivity index (χ3v) is 5.70. The number of alkyl carbamates (subject to hydrolysis) is 1. The van der Waals surface area contributed by atoms with Gasteiger partial charge in [0.15, 0.2) is 5.92 Å². The van der Waals surface area contributed by atoms with Gasteiger partial charge in [-0.3, -0.25) is 9.59 Å². The van der Waals surface area contributed by atoms with Crippen LogP contribution in [0.5, 0.6) is 0 Å². The maximum atomic E-state index is 12.8. The lowest BCUT2D eigenvalue weighted by Crippen LogP contribution is -2.50. The number of nitrogens with one attached hydrogen (secondary N) is 2. The topological polar surface area (TPSA) is 105 Å². The third kappa shape index (κ3) is 5.67. The predicted molar refractivity (Wildman–Crippen MR) is 117 cm³/mol. The number of aliphatic carboxylic acids is 1. The van der Waals surface area contributed by atoms with Crippen LogP contribution in [0.25, 0.3) is 11.1 Å². The number of hydrogen-bond acceptors (Lipinski definition) is 4. The molecule has 2 unspecified atom stereocenters. The maximum absolute atomic E-state index is 12.8. The van der Waals surface area contributed by atoms with Crippen LogP contribution >= 0.6 is 0 Å². The van der Waals surface area contributed by atoms with Gasteiger partial charge in [0.25, 0.3) is 0 Å². The molecule has 0 saturated carbocycles. The molecular formula is C24H25F3N2O5. The van der Waals surface area contributed by atoms with Crippen LogP contribution in [0, 0.1) is 5.92 Å². The number of carbonyl (C=O) groups is 3. The summed E-state index contributed by atoms with van der Waals surface area (Å²) in [4.78, 5) is 35.7. The Labute approximate surface area is 194 Å². The van der Waals surface area contributed by atoms with Gasteiger partial charge in [0.05, 0.1) is 0 Å². The van der Waals surface area contributed by atoms with Crippen LogP contribution < -0.4 is 10.6 Å². The van der Waals surface area contributed by atoms with Gasteiger partial charge in [-0.25, -0.2) is 4.79 Å². The first-order chi connectivity index (χ1) is 16.1. The van der Waals surface area contributed by atoms with Gasteiger partial charge in [-0.05, 0) is 28.7 Å². The van der Waals surface area contributed by atoms with E-state index in [9.17, 15) is 27.6 Å². The number of halogens is 3. The Kier molecular flexibility index (Phi) is 7.80. The number of rotatable bonds is 9. The monoisotopic (exact) mass is 478 g/mol. The number of benzene rings is 2. The zero-order chi connectivity index (χ0) is 24.9. The van der Waals surface area contributed by atoms with Crippen molar-refractivity contribution in [1.29, 1.82) is 0 Å². The van der Waals surface area contributed by atoms with Crippen molar-refractivity contribution < 1.29 is 37.4 Å². The van der Waals surface area contributed by atoms with Crippen LogP contribution in [0.4, 0.5) is 18.0 Å². The minimum atomic E-state index is -5.01. The molecule has 34 heavy (non-hydrogen) atoms. The average Bonchev–Trinajstić information content (AvgIpc) is 3.10. The largest absolute Gasteiger partial charge is 0.481 e. The fourth-order valence-corrected chi connectivity index (χ4v) is 4.01. The number of hydrogen-bond donors (Lipinski definition) is 3. The highest BCUT2D eigenvalue weighted by atomic mass is 19.4. The zero-order valence-corrected chi connectivity index (χ0v) is 18.4. The summed E-state index contributed by atoms with van der Waals surface area (Å²) in [5.74, 6) is -5.94. The number of carbonyl (C=O) groups excluding carboxylic acids is 2. The number of ether oxygens (including phenoxy) is 1. The van der Waals surface area contributed by atoms with E-state index in [2.05, 4.69) is 5.32 Å². The second kappa shape index (κ2) is 10.6. The standard InChI is InChI=1S/C24H25F3N2O5/c1-2-7-20(21(30)28-12-19(22(31)32)24(25,26)27)29-23(33)34-13-18-16-10-5-3-8-14(16)15-9-4-6-11-17(15)18/h3-6,8-11,18-20H,2,7,12-13H2,1H3,(H,28,30)(H,29,33)(H,31,32). The molecule has 0 aliphatic heterocycles. The number of alkyl halides is 3. The summed E-state index contributed by atoms with van der Waals surface area (Å²) in [6.07, 6.45) is -5.32. The summed E-state index contributed by atoms with van der Waals surface area (Å²) in [6, 6.07) is 14.4. The lowest BCUT2D eigenvalue weighted by atomic mass is 9.98. The fourth-order valence-electron chi connectivity index (χ4n) is 4.01. The van der Waals surface area contributed by atoms with E-state index in [-0.39, 0.29) is 18.9 Å². The molecule has 1 aliphatic rings. The van der Waals surface area contributed by atoms with Gasteiger partial charge >= 0.3 is 18.2 Å². The van der Waals surface area contributed by atoms with E-state index in [4.69, 9.17) is 9.84 Å². The third-order valence-electron chi connectivity index (χ3n) is 5.70. The Balaban J connectivity index is 1.61. The Bertz CT molecular complexity index is 1010. The van der Waals surface area contributed by atoms with E-state index >= 15 is 0 Å².